The van der Waals surface area contributed by atoms with Crippen molar-refractivity contribution in [3.63, 3.8) is 0 Å². The van der Waals surface area contributed by atoms with Gasteiger partial charge in [-0.2, -0.15) is 0 Å². The van der Waals surface area contributed by atoms with Crippen LogP contribution in [0, 0.1) is 5.82 Å². The van der Waals surface area contributed by atoms with Crippen molar-refractivity contribution in [3.05, 3.63) is 71.1 Å². The molecule has 3 heterocycles. The van der Waals surface area contributed by atoms with Crippen LogP contribution in [0.1, 0.15) is 24.3 Å². The first-order valence-corrected chi connectivity index (χ1v) is 10.1. The number of hydrogen-bond acceptors (Lipinski definition) is 5. The van der Waals surface area contributed by atoms with Gasteiger partial charge in [-0.15, -0.1) is 11.3 Å². The zero-order chi connectivity index (χ0) is 20.2. The van der Waals surface area contributed by atoms with Crippen molar-refractivity contribution in [1.29, 1.82) is 0 Å². The summed E-state index contributed by atoms with van der Waals surface area (Å²) in [5.41, 5.74) is 1.92. The fourth-order valence-electron chi connectivity index (χ4n) is 3.13. The number of amides is 1. The lowest BCUT2D eigenvalue weighted by molar-refractivity contribution is -0.121. The highest BCUT2D eigenvalue weighted by molar-refractivity contribution is 7.10. The largest absolute Gasteiger partial charge is 0.369 e. The first-order valence-electron chi connectivity index (χ1n) is 9.26. The molecule has 0 aliphatic heterocycles. The number of imidazole rings is 1. The van der Waals surface area contributed by atoms with Gasteiger partial charge in [0, 0.05) is 35.8 Å². The fourth-order valence-corrected chi connectivity index (χ4v) is 3.86. The molecule has 0 bridgehead atoms. The van der Waals surface area contributed by atoms with Crippen LogP contribution < -0.4 is 10.6 Å². The van der Waals surface area contributed by atoms with Gasteiger partial charge in [-0.1, -0.05) is 18.2 Å². The molecule has 29 heavy (non-hydrogen) atoms. The standard InChI is InChI=1S/C21H20FN5OS/c1-14(17-6-3-11-29-17)25-19(28)7-8-24-21-20(15-4-2-5-16(22)12-15)26-18-13-23-9-10-27(18)21/h2-6,9-14,24H,7-8H2,1H3,(H,25,28). The third-order valence-corrected chi connectivity index (χ3v) is 5.58. The summed E-state index contributed by atoms with van der Waals surface area (Å²) >= 11 is 1.62. The van der Waals surface area contributed by atoms with Gasteiger partial charge in [0.15, 0.2) is 5.65 Å². The van der Waals surface area contributed by atoms with Gasteiger partial charge < -0.3 is 10.6 Å². The minimum Gasteiger partial charge on any atom is -0.369 e. The van der Waals surface area contributed by atoms with E-state index in [1.54, 1.807) is 42.1 Å². The smallest absolute Gasteiger partial charge is 0.222 e. The molecule has 0 saturated carbocycles. The molecule has 6 nitrogen and oxygen atoms in total. The molecule has 8 heteroatoms. The molecule has 3 aromatic heterocycles. The Labute approximate surface area is 171 Å². The van der Waals surface area contributed by atoms with Crippen LogP contribution in [0.15, 0.2) is 60.4 Å². The van der Waals surface area contributed by atoms with E-state index in [1.807, 2.05) is 28.8 Å². The van der Waals surface area contributed by atoms with Crippen molar-refractivity contribution in [3.8, 4) is 11.3 Å². The van der Waals surface area contributed by atoms with Crippen molar-refractivity contribution in [2.45, 2.75) is 19.4 Å². The number of fused-ring (bicyclic) bond motifs is 1. The van der Waals surface area contributed by atoms with Crippen molar-refractivity contribution in [2.75, 3.05) is 11.9 Å². The van der Waals surface area contributed by atoms with E-state index in [9.17, 15) is 9.18 Å². The Hall–Kier alpha value is -3.26. The number of carbonyl (C=O) groups is 1. The number of anilines is 1. The quantitative estimate of drug-likeness (QED) is 0.478. The molecule has 148 valence electrons. The molecule has 1 amide bonds. The number of halogens is 1. The summed E-state index contributed by atoms with van der Waals surface area (Å²) in [5.74, 6) is 0.332. The summed E-state index contributed by atoms with van der Waals surface area (Å²) in [6.07, 6.45) is 5.39. The van der Waals surface area contributed by atoms with E-state index in [-0.39, 0.29) is 17.8 Å². The molecule has 2 N–H and O–H groups in total. The monoisotopic (exact) mass is 409 g/mol. The van der Waals surface area contributed by atoms with E-state index in [4.69, 9.17) is 0 Å². The lowest BCUT2D eigenvalue weighted by Gasteiger charge is -2.13. The number of benzene rings is 1. The Morgan fingerprint density at radius 1 is 1.31 bits per heavy atom. The maximum absolute atomic E-state index is 13.7. The molecule has 0 radical (unpaired) electrons. The lowest BCUT2D eigenvalue weighted by Crippen LogP contribution is -2.27. The van der Waals surface area contributed by atoms with Gasteiger partial charge in [0.05, 0.1) is 12.2 Å². The molecule has 0 saturated heterocycles. The zero-order valence-electron chi connectivity index (χ0n) is 15.8. The van der Waals surface area contributed by atoms with Crippen LogP contribution in [-0.4, -0.2) is 26.8 Å². The highest BCUT2D eigenvalue weighted by Crippen LogP contribution is 2.29. The van der Waals surface area contributed by atoms with Crippen molar-refractivity contribution in [1.82, 2.24) is 19.7 Å². The number of rotatable bonds is 7. The minimum atomic E-state index is -0.328. The topological polar surface area (TPSA) is 71.3 Å². The van der Waals surface area contributed by atoms with E-state index in [1.165, 1.54) is 12.1 Å². The zero-order valence-corrected chi connectivity index (χ0v) is 16.6. The van der Waals surface area contributed by atoms with Crippen molar-refractivity contribution in [2.24, 2.45) is 0 Å². The van der Waals surface area contributed by atoms with Crippen LogP contribution in [0.4, 0.5) is 10.2 Å². The summed E-state index contributed by atoms with van der Waals surface area (Å²) in [7, 11) is 0. The van der Waals surface area contributed by atoms with E-state index < -0.39 is 0 Å². The number of carbonyl (C=O) groups excluding carboxylic acids is 1. The summed E-state index contributed by atoms with van der Waals surface area (Å²) < 4.78 is 15.6. The van der Waals surface area contributed by atoms with Gasteiger partial charge in [0.1, 0.15) is 17.3 Å². The second kappa shape index (κ2) is 8.40. The Morgan fingerprint density at radius 3 is 3.00 bits per heavy atom. The van der Waals surface area contributed by atoms with Crippen LogP contribution in [0.5, 0.6) is 0 Å². The van der Waals surface area contributed by atoms with E-state index in [0.29, 0.717) is 35.7 Å². The number of thiophene rings is 1. The molecular formula is C21H20FN5OS. The van der Waals surface area contributed by atoms with Gasteiger partial charge in [-0.3, -0.25) is 14.2 Å². The Morgan fingerprint density at radius 2 is 2.21 bits per heavy atom. The average Bonchev–Trinajstić information content (AvgIpc) is 3.36. The number of hydrogen-bond donors (Lipinski definition) is 2. The van der Waals surface area contributed by atoms with Crippen LogP contribution >= 0.6 is 11.3 Å². The summed E-state index contributed by atoms with van der Waals surface area (Å²) in [6.45, 7) is 2.39. The summed E-state index contributed by atoms with van der Waals surface area (Å²) in [5, 5.41) is 8.28. The molecule has 4 aromatic rings. The minimum absolute atomic E-state index is 0.0211. The first kappa shape index (κ1) is 19.1. The molecule has 1 aromatic carbocycles. The highest BCUT2D eigenvalue weighted by atomic mass is 32.1. The van der Waals surface area contributed by atoms with Crippen LogP contribution in [0.25, 0.3) is 16.9 Å². The third-order valence-electron chi connectivity index (χ3n) is 4.52. The second-order valence-electron chi connectivity index (χ2n) is 6.61. The van der Waals surface area contributed by atoms with Crippen LogP contribution in [0.3, 0.4) is 0 Å². The molecule has 0 aliphatic rings. The van der Waals surface area contributed by atoms with Gasteiger partial charge in [0.2, 0.25) is 5.91 Å². The number of nitrogens with zero attached hydrogens (tertiary/aromatic N) is 3. The Kier molecular flexibility index (Phi) is 5.53. The molecule has 0 aliphatic carbocycles. The molecule has 0 spiro atoms. The molecule has 1 unspecified atom stereocenters. The van der Waals surface area contributed by atoms with Crippen molar-refractivity contribution >= 4 is 28.7 Å². The van der Waals surface area contributed by atoms with Crippen LogP contribution in [-0.2, 0) is 4.79 Å². The Bertz CT molecular complexity index is 1130. The van der Waals surface area contributed by atoms with Crippen LogP contribution in [0.2, 0.25) is 0 Å². The number of aromatic nitrogens is 3. The van der Waals surface area contributed by atoms with E-state index in [2.05, 4.69) is 20.6 Å². The van der Waals surface area contributed by atoms with Gasteiger partial charge in [-0.25, -0.2) is 9.37 Å². The number of nitrogens with one attached hydrogen (secondary N) is 2. The van der Waals surface area contributed by atoms with Gasteiger partial charge in [0.25, 0.3) is 0 Å². The molecule has 1 atom stereocenters. The predicted molar refractivity (Wildman–Crippen MR) is 112 cm³/mol. The fraction of sp³-hybridized carbons (Fsp3) is 0.190. The maximum atomic E-state index is 13.7. The summed E-state index contributed by atoms with van der Waals surface area (Å²) in [6, 6.07) is 10.2. The second-order valence-corrected chi connectivity index (χ2v) is 7.58. The Balaban J connectivity index is 1.49. The van der Waals surface area contributed by atoms with Crippen molar-refractivity contribution < 1.29 is 9.18 Å². The van der Waals surface area contributed by atoms with E-state index in [0.717, 1.165) is 4.88 Å². The third kappa shape index (κ3) is 4.27. The first-order chi connectivity index (χ1) is 14.1. The maximum Gasteiger partial charge on any atom is 0.222 e. The lowest BCUT2D eigenvalue weighted by atomic mass is 10.1. The molecular weight excluding hydrogens is 389 g/mol. The van der Waals surface area contributed by atoms with E-state index >= 15 is 0 Å². The SMILES string of the molecule is CC(NC(=O)CCNc1c(-c2cccc(F)c2)nc2cnccn12)c1cccs1. The average molecular weight is 409 g/mol. The molecule has 4 rings (SSSR count). The highest BCUT2D eigenvalue weighted by Gasteiger charge is 2.15. The predicted octanol–water partition coefficient (Wildman–Crippen LogP) is 4.28. The summed E-state index contributed by atoms with van der Waals surface area (Å²) in [4.78, 5) is 22.1. The van der Waals surface area contributed by atoms with Gasteiger partial charge in [-0.05, 0) is 30.5 Å². The molecule has 0 fully saturated rings. The van der Waals surface area contributed by atoms with Gasteiger partial charge >= 0.3 is 0 Å². The normalized spacial score (nSPS) is 12.1.